The first-order chi connectivity index (χ1) is 15.6. The quantitative estimate of drug-likeness (QED) is 0.294. The first kappa shape index (κ1) is 22.9. The number of thiophene rings is 1. The van der Waals surface area contributed by atoms with Crippen molar-refractivity contribution in [3.05, 3.63) is 104 Å². The Labute approximate surface area is 202 Å². The number of halogens is 1. The Morgan fingerprint density at radius 2 is 1.85 bits per heavy atom. The van der Waals surface area contributed by atoms with E-state index < -0.39 is 11.6 Å². The number of nitrogens with one attached hydrogen (secondary N) is 2. The van der Waals surface area contributed by atoms with Crippen LogP contribution in [0.3, 0.4) is 0 Å². The maximum absolute atomic E-state index is 13.3. The Morgan fingerprint density at radius 3 is 2.52 bits per heavy atom. The molecular weight excluding hydrogens is 478 g/mol. The van der Waals surface area contributed by atoms with Gasteiger partial charge in [-0.15, -0.1) is 0 Å². The van der Waals surface area contributed by atoms with E-state index in [9.17, 15) is 9.90 Å². The molecule has 0 aliphatic carbocycles. The van der Waals surface area contributed by atoms with Gasteiger partial charge in [-0.2, -0.15) is 16.4 Å². The molecule has 0 amide bonds. The summed E-state index contributed by atoms with van der Waals surface area (Å²) in [6, 6.07) is 18.4. The lowest BCUT2D eigenvalue weighted by molar-refractivity contribution is -0.284. The second-order valence-corrected chi connectivity index (χ2v) is 9.27. The molecule has 3 heterocycles. The molecule has 0 radical (unpaired) electrons. The normalized spacial score (nSPS) is 11.8. The summed E-state index contributed by atoms with van der Waals surface area (Å²) in [4.78, 5) is 13.5. The SMILES string of the molecule is N.O=c1[nH]n(C(c2ccc(-c3ccn[nH]3)cc2)c2ccsc2)c([O-])c1Sc1ccccc1Cl. The van der Waals surface area contributed by atoms with Crippen LogP contribution in [0.2, 0.25) is 5.02 Å². The molecule has 0 aliphatic rings. The van der Waals surface area contributed by atoms with Crippen molar-refractivity contribution in [3.8, 4) is 17.1 Å². The second-order valence-electron chi connectivity index (χ2n) is 7.03. The molecule has 0 spiro atoms. The average molecular weight is 497 g/mol. The van der Waals surface area contributed by atoms with Gasteiger partial charge in [0, 0.05) is 17.0 Å². The van der Waals surface area contributed by atoms with Gasteiger partial charge in [0.1, 0.15) is 0 Å². The minimum atomic E-state index is -0.460. The summed E-state index contributed by atoms with van der Waals surface area (Å²) in [7, 11) is 0. The minimum absolute atomic E-state index is 0. The molecule has 3 aromatic heterocycles. The van der Waals surface area contributed by atoms with Crippen molar-refractivity contribution in [1.29, 1.82) is 0 Å². The van der Waals surface area contributed by atoms with Crippen LogP contribution in [0.4, 0.5) is 0 Å². The summed E-state index contributed by atoms with van der Waals surface area (Å²) in [5.41, 5.74) is 3.25. The Bertz CT molecular complexity index is 1390. The molecule has 168 valence electrons. The van der Waals surface area contributed by atoms with Crippen molar-refractivity contribution < 1.29 is 5.11 Å². The zero-order valence-corrected chi connectivity index (χ0v) is 19.6. The monoisotopic (exact) mass is 496 g/mol. The van der Waals surface area contributed by atoms with E-state index in [0.717, 1.165) is 34.1 Å². The van der Waals surface area contributed by atoms with Gasteiger partial charge in [0.2, 0.25) is 0 Å². The molecule has 7 nitrogen and oxygen atoms in total. The number of aromatic nitrogens is 4. The van der Waals surface area contributed by atoms with Crippen LogP contribution < -0.4 is 16.8 Å². The van der Waals surface area contributed by atoms with Crippen LogP contribution in [0, 0.1) is 0 Å². The molecule has 1 atom stereocenters. The molecule has 5 aromatic rings. The van der Waals surface area contributed by atoms with Gasteiger partial charge in [-0.25, -0.2) is 0 Å². The van der Waals surface area contributed by atoms with E-state index in [-0.39, 0.29) is 16.9 Å². The van der Waals surface area contributed by atoms with E-state index in [2.05, 4.69) is 15.3 Å². The lowest BCUT2D eigenvalue weighted by atomic mass is 9.99. The molecular formula is C23H19ClN5O2S2-. The van der Waals surface area contributed by atoms with Crippen LogP contribution in [0.1, 0.15) is 17.2 Å². The minimum Gasteiger partial charge on any atom is -0.858 e. The van der Waals surface area contributed by atoms with Gasteiger partial charge in [-0.3, -0.25) is 19.7 Å². The van der Waals surface area contributed by atoms with Crippen molar-refractivity contribution in [2.24, 2.45) is 0 Å². The number of nitrogens with zero attached hydrogens (tertiary/aromatic N) is 2. The largest absolute Gasteiger partial charge is 0.858 e. The third kappa shape index (κ3) is 4.49. The molecule has 10 heteroatoms. The molecule has 0 fully saturated rings. The third-order valence-electron chi connectivity index (χ3n) is 5.05. The fraction of sp³-hybridized carbons (Fsp3) is 0.0435. The molecule has 0 bridgehead atoms. The predicted molar refractivity (Wildman–Crippen MR) is 131 cm³/mol. The smallest absolute Gasteiger partial charge is 0.277 e. The standard InChI is InChI=1S/C23H17ClN4O2S2.H3N/c24-17-3-1-2-4-19(17)32-21-22(29)27-28(23(21)30)20(16-10-12-31-13-16)15-7-5-14(6-8-15)18-9-11-25-26-18;/h1-13,20,30H,(H,25,26)(H,27,29);1H3/p-1. The number of H-pyrrole nitrogens is 2. The Hall–Kier alpha value is -3.24. The lowest BCUT2D eigenvalue weighted by Gasteiger charge is -2.23. The van der Waals surface area contributed by atoms with E-state index in [4.69, 9.17) is 11.6 Å². The van der Waals surface area contributed by atoms with Gasteiger partial charge in [-0.05, 0) is 51.7 Å². The van der Waals surface area contributed by atoms with Crippen molar-refractivity contribution in [2.45, 2.75) is 15.8 Å². The lowest BCUT2D eigenvalue weighted by Crippen LogP contribution is -2.17. The maximum atomic E-state index is 13.3. The zero-order chi connectivity index (χ0) is 22.1. The zero-order valence-electron chi connectivity index (χ0n) is 17.2. The maximum Gasteiger partial charge on any atom is 0.277 e. The fourth-order valence-electron chi connectivity index (χ4n) is 3.51. The van der Waals surface area contributed by atoms with E-state index in [0.29, 0.717) is 9.92 Å². The van der Waals surface area contributed by atoms with Crippen LogP contribution in [0.25, 0.3) is 11.3 Å². The van der Waals surface area contributed by atoms with Crippen LogP contribution >= 0.6 is 34.7 Å². The Morgan fingerprint density at radius 1 is 1.06 bits per heavy atom. The van der Waals surface area contributed by atoms with Crippen LogP contribution in [0.5, 0.6) is 5.88 Å². The summed E-state index contributed by atoms with van der Waals surface area (Å²) in [6.07, 6.45) is 1.70. The average Bonchev–Trinajstić information content (AvgIpc) is 3.56. The Kier molecular flexibility index (Phi) is 6.75. The summed E-state index contributed by atoms with van der Waals surface area (Å²) >= 11 is 8.85. The van der Waals surface area contributed by atoms with E-state index in [1.54, 1.807) is 24.4 Å². The highest BCUT2D eigenvalue weighted by Crippen LogP contribution is 2.38. The van der Waals surface area contributed by atoms with Gasteiger partial charge >= 0.3 is 0 Å². The van der Waals surface area contributed by atoms with Crippen molar-refractivity contribution in [3.63, 3.8) is 0 Å². The molecule has 1 unspecified atom stereocenters. The van der Waals surface area contributed by atoms with E-state index >= 15 is 0 Å². The molecule has 0 saturated heterocycles. The van der Waals surface area contributed by atoms with Crippen molar-refractivity contribution in [2.75, 3.05) is 0 Å². The number of benzene rings is 2. The molecule has 5 N–H and O–H groups in total. The topological polar surface area (TPSA) is 125 Å². The molecule has 0 saturated carbocycles. The number of rotatable bonds is 6. The van der Waals surface area contributed by atoms with Gasteiger partial charge in [0.15, 0.2) is 0 Å². The molecule has 33 heavy (non-hydrogen) atoms. The van der Waals surface area contributed by atoms with Gasteiger partial charge < -0.3 is 11.3 Å². The van der Waals surface area contributed by atoms with Crippen LogP contribution in [0.15, 0.2) is 92.2 Å². The summed E-state index contributed by atoms with van der Waals surface area (Å²) in [5, 5.41) is 27.4. The molecule has 0 aliphatic heterocycles. The highest BCUT2D eigenvalue weighted by molar-refractivity contribution is 7.99. The molecule has 2 aromatic carbocycles. The third-order valence-corrected chi connectivity index (χ3v) is 7.33. The van der Waals surface area contributed by atoms with Gasteiger partial charge in [-0.1, -0.05) is 59.8 Å². The highest BCUT2D eigenvalue weighted by Gasteiger charge is 2.21. The first-order valence-electron chi connectivity index (χ1n) is 9.67. The highest BCUT2D eigenvalue weighted by atomic mass is 35.5. The van der Waals surface area contributed by atoms with Crippen LogP contribution in [-0.4, -0.2) is 20.0 Å². The number of aromatic amines is 2. The van der Waals surface area contributed by atoms with Crippen molar-refractivity contribution >= 4 is 34.7 Å². The Balaban J connectivity index is 0.00000259. The second kappa shape index (κ2) is 9.72. The van der Waals surface area contributed by atoms with Crippen molar-refractivity contribution in [1.82, 2.24) is 26.1 Å². The molecule has 5 rings (SSSR count). The summed E-state index contributed by atoms with van der Waals surface area (Å²) in [6.45, 7) is 0. The van der Waals surface area contributed by atoms with Gasteiger partial charge in [0.25, 0.3) is 5.56 Å². The van der Waals surface area contributed by atoms with Gasteiger partial charge in [0.05, 0.1) is 21.7 Å². The van der Waals surface area contributed by atoms with E-state index in [1.807, 2.05) is 53.2 Å². The summed E-state index contributed by atoms with van der Waals surface area (Å²) in [5.74, 6) is -0.381. The first-order valence-corrected chi connectivity index (χ1v) is 11.8. The van der Waals surface area contributed by atoms with E-state index in [1.165, 1.54) is 16.0 Å². The fourth-order valence-corrected chi connectivity index (χ4v) is 5.30. The number of hydrogen-bond acceptors (Lipinski definition) is 6. The van der Waals surface area contributed by atoms with Crippen LogP contribution in [-0.2, 0) is 0 Å². The summed E-state index contributed by atoms with van der Waals surface area (Å²) < 4.78 is 1.40. The number of hydrogen-bond donors (Lipinski definition) is 3. The predicted octanol–water partition coefficient (Wildman–Crippen LogP) is 5.31.